The molecule has 0 atom stereocenters. The highest BCUT2D eigenvalue weighted by Crippen LogP contribution is 2.17. The number of carbonyl (C=O) groups excluding carboxylic acids is 1. The summed E-state index contributed by atoms with van der Waals surface area (Å²) in [6, 6.07) is 13.6. The van der Waals surface area contributed by atoms with Gasteiger partial charge >= 0.3 is 0 Å². The van der Waals surface area contributed by atoms with Gasteiger partial charge in [0.2, 0.25) is 5.91 Å². The van der Waals surface area contributed by atoms with Crippen molar-refractivity contribution in [3.8, 4) is 0 Å². The SMILES string of the molecule is CN1CCN(c2ccc(NC(=O)Cc3ccccc3)nc2)CC1. The van der Waals surface area contributed by atoms with Crippen molar-refractivity contribution in [1.29, 1.82) is 0 Å². The number of carbonyl (C=O) groups is 1. The Morgan fingerprint density at radius 3 is 2.48 bits per heavy atom. The Kier molecular flexibility index (Phi) is 4.88. The van der Waals surface area contributed by atoms with E-state index in [0.29, 0.717) is 12.2 Å². The number of nitrogens with one attached hydrogen (secondary N) is 1. The van der Waals surface area contributed by atoms with Gasteiger partial charge in [0.05, 0.1) is 18.3 Å². The molecule has 3 rings (SSSR count). The molecule has 2 aromatic rings. The van der Waals surface area contributed by atoms with E-state index in [0.717, 1.165) is 37.4 Å². The first-order chi connectivity index (χ1) is 11.2. The van der Waals surface area contributed by atoms with Crippen molar-refractivity contribution in [2.45, 2.75) is 6.42 Å². The first-order valence-electron chi connectivity index (χ1n) is 7.94. The quantitative estimate of drug-likeness (QED) is 0.938. The number of likely N-dealkylation sites (N-methyl/N-ethyl adjacent to an activating group) is 1. The van der Waals surface area contributed by atoms with E-state index >= 15 is 0 Å². The minimum atomic E-state index is -0.0453. The van der Waals surface area contributed by atoms with Crippen LogP contribution in [0.15, 0.2) is 48.7 Å². The van der Waals surface area contributed by atoms with Crippen molar-refractivity contribution in [1.82, 2.24) is 9.88 Å². The van der Waals surface area contributed by atoms with Gasteiger partial charge in [-0.1, -0.05) is 30.3 Å². The fourth-order valence-corrected chi connectivity index (χ4v) is 2.68. The van der Waals surface area contributed by atoms with Gasteiger partial charge in [0.25, 0.3) is 0 Å². The third-order valence-corrected chi connectivity index (χ3v) is 4.09. The summed E-state index contributed by atoms with van der Waals surface area (Å²) in [5.74, 6) is 0.555. The Morgan fingerprint density at radius 2 is 1.83 bits per heavy atom. The Balaban J connectivity index is 1.56. The molecular formula is C18H22N4O. The van der Waals surface area contributed by atoms with Crippen LogP contribution in [-0.4, -0.2) is 49.0 Å². The third-order valence-electron chi connectivity index (χ3n) is 4.09. The van der Waals surface area contributed by atoms with E-state index in [1.807, 2.05) is 48.7 Å². The predicted molar refractivity (Wildman–Crippen MR) is 92.7 cm³/mol. The second-order valence-corrected chi connectivity index (χ2v) is 5.90. The lowest BCUT2D eigenvalue weighted by atomic mass is 10.1. The molecule has 0 bridgehead atoms. The Labute approximate surface area is 136 Å². The second kappa shape index (κ2) is 7.24. The molecule has 0 aliphatic carbocycles. The molecular weight excluding hydrogens is 288 g/mol. The minimum absolute atomic E-state index is 0.0453. The number of piperazine rings is 1. The summed E-state index contributed by atoms with van der Waals surface area (Å²) < 4.78 is 0. The van der Waals surface area contributed by atoms with Crippen LogP contribution in [0, 0.1) is 0 Å². The fourth-order valence-electron chi connectivity index (χ4n) is 2.68. The Bertz CT molecular complexity index is 634. The van der Waals surface area contributed by atoms with E-state index in [1.165, 1.54) is 0 Å². The van der Waals surface area contributed by atoms with Crippen molar-refractivity contribution in [2.75, 3.05) is 43.4 Å². The highest BCUT2D eigenvalue weighted by Gasteiger charge is 2.14. The molecule has 1 aliphatic heterocycles. The van der Waals surface area contributed by atoms with Gasteiger partial charge in [0, 0.05) is 26.2 Å². The maximum absolute atomic E-state index is 12.0. The summed E-state index contributed by atoms with van der Waals surface area (Å²) in [4.78, 5) is 21.0. The fraction of sp³-hybridized carbons (Fsp3) is 0.333. The zero-order valence-electron chi connectivity index (χ0n) is 13.4. The van der Waals surface area contributed by atoms with E-state index in [2.05, 4.69) is 27.1 Å². The molecule has 0 spiro atoms. The Hall–Kier alpha value is -2.40. The molecule has 1 saturated heterocycles. The van der Waals surface area contributed by atoms with Crippen molar-refractivity contribution in [3.63, 3.8) is 0 Å². The molecule has 1 aliphatic rings. The lowest BCUT2D eigenvalue weighted by Crippen LogP contribution is -2.44. The zero-order chi connectivity index (χ0) is 16.1. The van der Waals surface area contributed by atoms with Crippen LogP contribution < -0.4 is 10.2 Å². The summed E-state index contributed by atoms with van der Waals surface area (Å²) in [5.41, 5.74) is 2.11. The maximum atomic E-state index is 12.0. The Morgan fingerprint density at radius 1 is 1.09 bits per heavy atom. The lowest BCUT2D eigenvalue weighted by molar-refractivity contribution is -0.115. The van der Waals surface area contributed by atoms with Gasteiger partial charge in [0.1, 0.15) is 5.82 Å². The number of benzene rings is 1. The van der Waals surface area contributed by atoms with Gasteiger partial charge in [-0.05, 0) is 24.7 Å². The van der Waals surface area contributed by atoms with Crippen LogP contribution in [0.4, 0.5) is 11.5 Å². The summed E-state index contributed by atoms with van der Waals surface area (Å²) in [5, 5.41) is 2.85. The van der Waals surface area contributed by atoms with Crippen LogP contribution in [0.1, 0.15) is 5.56 Å². The molecule has 120 valence electrons. The average molecular weight is 310 g/mol. The van der Waals surface area contributed by atoms with Gasteiger partial charge in [0.15, 0.2) is 0 Å². The smallest absolute Gasteiger partial charge is 0.229 e. The highest BCUT2D eigenvalue weighted by atomic mass is 16.1. The van der Waals surface area contributed by atoms with Gasteiger partial charge in [-0.3, -0.25) is 4.79 Å². The largest absolute Gasteiger partial charge is 0.368 e. The molecule has 1 aromatic carbocycles. The lowest BCUT2D eigenvalue weighted by Gasteiger charge is -2.33. The molecule has 0 saturated carbocycles. The second-order valence-electron chi connectivity index (χ2n) is 5.90. The molecule has 1 N–H and O–H groups in total. The first-order valence-corrected chi connectivity index (χ1v) is 7.94. The van der Waals surface area contributed by atoms with Crippen LogP contribution in [0.2, 0.25) is 0 Å². The summed E-state index contributed by atoms with van der Waals surface area (Å²) in [6.45, 7) is 4.15. The van der Waals surface area contributed by atoms with E-state index in [4.69, 9.17) is 0 Å². The van der Waals surface area contributed by atoms with Gasteiger partial charge in [-0.15, -0.1) is 0 Å². The van der Waals surface area contributed by atoms with Crippen molar-refractivity contribution >= 4 is 17.4 Å². The molecule has 2 heterocycles. The number of hydrogen-bond acceptors (Lipinski definition) is 4. The average Bonchev–Trinajstić information content (AvgIpc) is 2.57. The third kappa shape index (κ3) is 4.29. The molecule has 23 heavy (non-hydrogen) atoms. The monoisotopic (exact) mass is 310 g/mol. The molecule has 1 amide bonds. The van der Waals surface area contributed by atoms with Crippen LogP contribution in [0.25, 0.3) is 0 Å². The number of rotatable bonds is 4. The number of pyridine rings is 1. The van der Waals surface area contributed by atoms with Crippen molar-refractivity contribution in [2.24, 2.45) is 0 Å². The standard InChI is InChI=1S/C18H22N4O/c1-21-9-11-22(12-10-21)16-7-8-17(19-14-16)20-18(23)13-15-5-3-2-4-6-15/h2-8,14H,9-13H2,1H3,(H,19,20,23). The van der Waals surface area contributed by atoms with Crippen molar-refractivity contribution in [3.05, 3.63) is 54.2 Å². The molecule has 1 aromatic heterocycles. The first kappa shape index (κ1) is 15.5. The van der Waals surface area contributed by atoms with E-state index in [-0.39, 0.29) is 5.91 Å². The molecule has 5 nitrogen and oxygen atoms in total. The molecule has 1 fully saturated rings. The number of nitrogens with zero attached hydrogens (tertiary/aromatic N) is 3. The van der Waals surface area contributed by atoms with Gasteiger partial charge < -0.3 is 15.1 Å². The molecule has 5 heteroatoms. The molecule has 0 radical (unpaired) electrons. The van der Waals surface area contributed by atoms with E-state index in [1.54, 1.807) is 0 Å². The number of hydrogen-bond donors (Lipinski definition) is 1. The number of aromatic nitrogens is 1. The molecule has 0 unspecified atom stereocenters. The van der Waals surface area contributed by atoms with E-state index < -0.39 is 0 Å². The summed E-state index contributed by atoms with van der Waals surface area (Å²) >= 11 is 0. The van der Waals surface area contributed by atoms with Gasteiger partial charge in [-0.2, -0.15) is 0 Å². The van der Waals surface area contributed by atoms with Crippen molar-refractivity contribution < 1.29 is 4.79 Å². The van der Waals surface area contributed by atoms with Crippen LogP contribution in [-0.2, 0) is 11.2 Å². The number of amides is 1. The minimum Gasteiger partial charge on any atom is -0.368 e. The topological polar surface area (TPSA) is 48.5 Å². The normalized spacial score (nSPS) is 15.4. The van der Waals surface area contributed by atoms with Crippen LogP contribution >= 0.6 is 0 Å². The summed E-state index contributed by atoms with van der Waals surface area (Å²) in [6.07, 6.45) is 2.20. The summed E-state index contributed by atoms with van der Waals surface area (Å²) in [7, 11) is 2.14. The zero-order valence-corrected chi connectivity index (χ0v) is 13.4. The van der Waals surface area contributed by atoms with Crippen LogP contribution in [0.5, 0.6) is 0 Å². The predicted octanol–water partition coefficient (Wildman–Crippen LogP) is 2.01. The van der Waals surface area contributed by atoms with Crippen LogP contribution in [0.3, 0.4) is 0 Å². The van der Waals surface area contributed by atoms with E-state index in [9.17, 15) is 4.79 Å². The number of anilines is 2. The highest BCUT2D eigenvalue weighted by molar-refractivity contribution is 5.91. The van der Waals surface area contributed by atoms with Gasteiger partial charge in [-0.25, -0.2) is 4.98 Å². The maximum Gasteiger partial charge on any atom is 0.229 e.